The van der Waals surface area contributed by atoms with E-state index in [1.165, 1.54) is 12.1 Å². The number of amides is 1. The van der Waals surface area contributed by atoms with Gasteiger partial charge in [-0.1, -0.05) is 23.8 Å². The van der Waals surface area contributed by atoms with Crippen molar-refractivity contribution in [1.29, 1.82) is 0 Å². The average Bonchev–Trinajstić information content (AvgIpc) is 3.41. The van der Waals surface area contributed by atoms with E-state index in [1.54, 1.807) is 24.3 Å². The van der Waals surface area contributed by atoms with Gasteiger partial charge in [-0.25, -0.2) is 14.4 Å². The maximum absolute atomic E-state index is 13.6. The van der Waals surface area contributed by atoms with E-state index in [0.717, 1.165) is 47.2 Å². The molecule has 0 fully saturated rings. The smallest absolute Gasteiger partial charge is 0.251 e. The number of carbonyl (C=O) groups is 1. The summed E-state index contributed by atoms with van der Waals surface area (Å²) in [6.45, 7) is 4.65. The Labute approximate surface area is 209 Å². The van der Waals surface area contributed by atoms with Crippen molar-refractivity contribution in [3.8, 4) is 22.5 Å². The molecule has 0 saturated heterocycles. The monoisotopic (exact) mass is 478 g/mol. The highest BCUT2D eigenvalue weighted by molar-refractivity contribution is 5.98. The minimum atomic E-state index is -0.302. The SMILES string of the molecule is Cc1ccc(C)c(-c2nc3cc(C(=O)NCCCC4=NC=CC4)ccc3nc2-c2ccc(F)cc2)c1. The lowest BCUT2D eigenvalue weighted by Crippen LogP contribution is -2.24. The summed E-state index contributed by atoms with van der Waals surface area (Å²) in [7, 11) is 0. The van der Waals surface area contributed by atoms with Crippen LogP contribution in [0.25, 0.3) is 33.5 Å². The van der Waals surface area contributed by atoms with Gasteiger partial charge in [-0.3, -0.25) is 9.79 Å². The van der Waals surface area contributed by atoms with Gasteiger partial charge in [0.25, 0.3) is 5.91 Å². The van der Waals surface area contributed by atoms with Gasteiger partial charge in [0.2, 0.25) is 0 Å². The minimum absolute atomic E-state index is 0.138. The van der Waals surface area contributed by atoms with Gasteiger partial charge in [-0.05, 0) is 80.8 Å². The fourth-order valence-electron chi connectivity index (χ4n) is 4.35. The highest BCUT2D eigenvalue weighted by Crippen LogP contribution is 2.33. The molecule has 2 heterocycles. The molecule has 3 aromatic carbocycles. The van der Waals surface area contributed by atoms with Crippen LogP contribution in [-0.2, 0) is 0 Å². The maximum Gasteiger partial charge on any atom is 0.251 e. The van der Waals surface area contributed by atoms with Crippen LogP contribution in [0.5, 0.6) is 0 Å². The van der Waals surface area contributed by atoms with E-state index in [1.807, 2.05) is 32.2 Å². The number of allylic oxidation sites excluding steroid dienone is 1. The summed E-state index contributed by atoms with van der Waals surface area (Å²) in [5, 5.41) is 2.99. The molecule has 0 saturated carbocycles. The Hall–Kier alpha value is -4.19. The van der Waals surface area contributed by atoms with E-state index in [4.69, 9.17) is 9.97 Å². The molecule has 6 heteroatoms. The molecule has 36 heavy (non-hydrogen) atoms. The number of nitrogens with one attached hydrogen (secondary N) is 1. The molecule has 0 unspecified atom stereocenters. The highest BCUT2D eigenvalue weighted by atomic mass is 19.1. The number of aromatic nitrogens is 2. The van der Waals surface area contributed by atoms with Crippen molar-refractivity contribution in [2.75, 3.05) is 6.54 Å². The van der Waals surface area contributed by atoms with E-state index in [-0.39, 0.29) is 11.7 Å². The van der Waals surface area contributed by atoms with Gasteiger partial charge in [0, 0.05) is 41.6 Å². The number of halogens is 1. The number of fused-ring (bicyclic) bond motifs is 1. The van der Waals surface area contributed by atoms with E-state index in [0.29, 0.717) is 34.5 Å². The van der Waals surface area contributed by atoms with E-state index in [9.17, 15) is 9.18 Å². The lowest BCUT2D eigenvalue weighted by molar-refractivity contribution is 0.0953. The molecule has 1 aliphatic heterocycles. The summed E-state index contributed by atoms with van der Waals surface area (Å²) < 4.78 is 13.6. The Balaban J connectivity index is 1.48. The van der Waals surface area contributed by atoms with Gasteiger partial charge in [0.1, 0.15) is 5.82 Å². The Bertz CT molecular complexity index is 1510. The number of benzene rings is 3. The number of hydrogen-bond acceptors (Lipinski definition) is 4. The van der Waals surface area contributed by atoms with Crippen LogP contribution in [0.4, 0.5) is 4.39 Å². The second-order valence-electron chi connectivity index (χ2n) is 9.09. The van der Waals surface area contributed by atoms with E-state index in [2.05, 4.69) is 28.5 Å². The van der Waals surface area contributed by atoms with E-state index < -0.39 is 0 Å². The fourth-order valence-corrected chi connectivity index (χ4v) is 4.35. The number of aryl methyl sites for hydroxylation is 2. The fraction of sp³-hybridized carbons (Fsp3) is 0.200. The topological polar surface area (TPSA) is 67.2 Å². The third-order valence-electron chi connectivity index (χ3n) is 6.34. The number of carbonyl (C=O) groups excluding carboxylic acids is 1. The summed E-state index contributed by atoms with van der Waals surface area (Å²) >= 11 is 0. The molecule has 0 radical (unpaired) electrons. The second-order valence-corrected chi connectivity index (χ2v) is 9.09. The van der Waals surface area contributed by atoms with Crippen molar-refractivity contribution < 1.29 is 9.18 Å². The minimum Gasteiger partial charge on any atom is -0.352 e. The van der Waals surface area contributed by atoms with Crippen molar-refractivity contribution in [3.63, 3.8) is 0 Å². The first-order valence-electron chi connectivity index (χ1n) is 12.1. The molecule has 1 amide bonds. The summed E-state index contributed by atoms with van der Waals surface area (Å²) in [6, 6.07) is 17.9. The van der Waals surface area contributed by atoms with Crippen LogP contribution in [-0.4, -0.2) is 28.1 Å². The first-order chi connectivity index (χ1) is 17.5. The zero-order valence-corrected chi connectivity index (χ0v) is 20.4. The van der Waals surface area contributed by atoms with Gasteiger partial charge in [-0.15, -0.1) is 0 Å². The zero-order valence-electron chi connectivity index (χ0n) is 20.4. The lowest BCUT2D eigenvalue weighted by Gasteiger charge is -2.14. The highest BCUT2D eigenvalue weighted by Gasteiger charge is 2.17. The summed E-state index contributed by atoms with van der Waals surface area (Å²) in [4.78, 5) is 27.0. The quantitative estimate of drug-likeness (QED) is 0.305. The molecule has 0 aliphatic carbocycles. The number of hydrogen-bond donors (Lipinski definition) is 1. The number of aliphatic imine (C=N–C) groups is 1. The normalized spacial score (nSPS) is 12.7. The Morgan fingerprint density at radius 3 is 2.53 bits per heavy atom. The molecule has 4 aromatic rings. The summed E-state index contributed by atoms with van der Waals surface area (Å²) in [5.41, 5.74) is 8.30. The molecule has 1 aromatic heterocycles. The number of rotatable bonds is 7. The summed E-state index contributed by atoms with van der Waals surface area (Å²) in [6.07, 6.45) is 6.50. The first-order valence-corrected chi connectivity index (χ1v) is 12.1. The molecule has 0 bridgehead atoms. The molecular formula is C30H27FN4O. The molecule has 1 aliphatic rings. The first kappa shape index (κ1) is 23.5. The van der Waals surface area contributed by atoms with Crippen LogP contribution in [0.1, 0.15) is 40.7 Å². The van der Waals surface area contributed by atoms with Gasteiger partial charge >= 0.3 is 0 Å². The lowest BCUT2D eigenvalue weighted by atomic mass is 9.98. The van der Waals surface area contributed by atoms with Gasteiger partial charge < -0.3 is 5.32 Å². The maximum atomic E-state index is 13.6. The van der Waals surface area contributed by atoms with E-state index >= 15 is 0 Å². The molecule has 5 rings (SSSR count). The van der Waals surface area contributed by atoms with Crippen molar-refractivity contribution in [2.24, 2.45) is 4.99 Å². The zero-order chi connectivity index (χ0) is 25.1. The predicted molar refractivity (Wildman–Crippen MR) is 143 cm³/mol. The van der Waals surface area contributed by atoms with Crippen LogP contribution < -0.4 is 5.32 Å². The Morgan fingerprint density at radius 2 is 1.75 bits per heavy atom. The van der Waals surface area contributed by atoms with Crippen molar-refractivity contribution in [3.05, 3.63) is 95.4 Å². The Kier molecular flexibility index (Phi) is 6.67. The van der Waals surface area contributed by atoms with Gasteiger partial charge in [0.15, 0.2) is 0 Å². The number of nitrogens with zero attached hydrogens (tertiary/aromatic N) is 3. The third kappa shape index (κ3) is 5.08. The largest absolute Gasteiger partial charge is 0.352 e. The summed E-state index contributed by atoms with van der Waals surface area (Å²) in [5.74, 6) is -0.439. The third-order valence-corrected chi connectivity index (χ3v) is 6.34. The molecule has 1 N–H and O–H groups in total. The Morgan fingerprint density at radius 1 is 0.944 bits per heavy atom. The molecular weight excluding hydrogens is 451 g/mol. The van der Waals surface area contributed by atoms with Crippen LogP contribution in [0.2, 0.25) is 0 Å². The van der Waals surface area contributed by atoms with Crippen LogP contribution in [0.15, 0.2) is 77.9 Å². The van der Waals surface area contributed by atoms with Crippen molar-refractivity contribution in [1.82, 2.24) is 15.3 Å². The molecule has 180 valence electrons. The molecule has 5 nitrogen and oxygen atoms in total. The molecule has 0 spiro atoms. The van der Waals surface area contributed by atoms with Crippen LogP contribution in [0, 0.1) is 19.7 Å². The van der Waals surface area contributed by atoms with Crippen molar-refractivity contribution in [2.45, 2.75) is 33.1 Å². The average molecular weight is 479 g/mol. The van der Waals surface area contributed by atoms with Gasteiger partial charge in [0.05, 0.1) is 22.4 Å². The van der Waals surface area contributed by atoms with Gasteiger partial charge in [-0.2, -0.15) is 0 Å². The predicted octanol–water partition coefficient (Wildman–Crippen LogP) is 6.59. The van der Waals surface area contributed by atoms with Crippen LogP contribution >= 0.6 is 0 Å². The van der Waals surface area contributed by atoms with Crippen molar-refractivity contribution >= 4 is 22.7 Å². The standard InChI is InChI=1S/C30H27FN4O/c1-19-7-8-20(2)25(17-19)29-28(21-9-12-23(31)13-10-21)34-26-14-11-22(18-27(26)35-29)30(36)33-16-4-6-24-5-3-15-32-24/h3,7-15,17-18H,4-6,16H2,1-2H3,(H,33,36). The molecule has 0 atom stereocenters. The second kappa shape index (κ2) is 10.2. The van der Waals surface area contributed by atoms with Crippen LogP contribution in [0.3, 0.4) is 0 Å².